The van der Waals surface area contributed by atoms with E-state index in [4.69, 9.17) is 18.8 Å². The van der Waals surface area contributed by atoms with Crippen molar-refractivity contribution in [3.05, 3.63) is 35.9 Å². The molecule has 0 radical (unpaired) electrons. The Balaban J connectivity index is 1.81. The first-order valence-electron chi connectivity index (χ1n) is 17.4. The molecule has 3 atom stereocenters. The van der Waals surface area contributed by atoms with Crippen LogP contribution in [0.15, 0.2) is 30.3 Å². The van der Waals surface area contributed by atoms with Gasteiger partial charge in [-0.3, -0.25) is 9.59 Å². The van der Waals surface area contributed by atoms with Crippen molar-refractivity contribution in [2.24, 2.45) is 5.92 Å². The Morgan fingerprint density at radius 3 is 2.21 bits per heavy atom. The molecule has 48 heavy (non-hydrogen) atoms. The number of esters is 1. The van der Waals surface area contributed by atoms with Gasteiger partial charge in [0.05, 0.1) is 11.2 Å². The molecule has 2 N–H and O–H groups in total. The van der Waals surface area contributed by atoms with Crippen molar-refractivity contribution in [1.82, 2.24) is 15.5 Å². The molecule has 11 nitrogen and oxygen atoms in total. The fourth-order valence-electron chi connectivity index (χ4n) is 6.36. The van der Waals surface area contributed by atoms with E-state index in [0.717, 1.165) is 5.56 Å². The predicted molar refractivity (Wildman–Crippen MR) is 185 cm³/mol. The summed E-state index contributed by atoms with van der Waals surface area (Å²) in [5.74, 6) is -0.970. The Morgan fingerprint density at radius 2 is 1.65 bits per heavy atom. The van der Waals surface area contributed by atoms with E-state index in [2.05, 4.69) is 10.6 Å². The van der Waals surface area contributed by atoms with Gasteiger partial charge in [-0.05, 0) is 85.5 Å². The zero-order valence-electron chi connectivity index (χ0n) is 30.8. The first-order chi connectivity index (χ1) is 22.2. The van der Waals surface area contributed by atoms with Crippen LogP contribution in [0.4, 0.5) is 4.79 Å². The van der Waals surface area contributed by atoms with Crippen molar-refractivity contribution in [1.29, 1.82) is 0 Å². The zero-order chi connectivity index (χ0) is 35.9. The van der Waals surface area contributed by atoms with Gasteiger partial charge < -0.3 is 34.3 Å². The summed E-state index contributed by atoms with van der Waals surface area (Å²) in [5.41, 5.74) is -2.05. The molecule has 2 aliphatic heterocycles. The molecule has 3 amide bonds. The monoisotopic (exact) mass is 671 g/mol. The maximum absolute atomic E-state index is 14.2. The summed E-state index contributed by atoms with van der Waals surface area (Å²) in [4.78, 5) is 55.2. The fraction of sp³-hybridized carbons (Fsp3) is 0.722. The first kappa shape index (κ1) is 39.3. The minimum absolute atomic E-state index is 0.0639. The van der Waals surface area contributed by atoms with E-state index in [1.807, 2.05) is 71.9 Å². The number of hydrogen-bond donors (Lipinski definition) is 2. The molecule has 2 heterocycles. The molecule has 1 aromatic carbocycles. The van der Waals surface area contributed by atoms with Crippen LogP contribution in [0, 0.1) is 5.92 Å². The van der Waals surface area contributed by atoms with Gasteiger partial charge >= 0.3 is 19.2 Å². The van der Waals surface area contributed by atoms with Gasteiger partial charge in [-0.15, -0.1) is 0 Å². The van der Waals surface area contributed by atoms with Crippen LogP contribution in [0.3, 0.4) is 0 Å². The van der Waals surface area contributed by atoms with Crippen LogP contribution in [0.2, 0.25) is 6.32 Å². The van der Waals surface area contributed by atoms with Crippen LogP contribution in [0.5, 0.6) is 0 Å². The summed E-state index contributed by atoms with van der Waals surface area (Å²) < 4.78 is 23.7. The Kier molecular flexibility index (Phi) is 13.2. The number of rotatable bonds is 13. The maximum atomic E-state index is 14.2. The number of carbonyl (C=O) groups is 4. The van der Waals surface area contributed by atoms with Crippen molar-refractivity contribution in [3.63, 3.8) is 0 Å². The summed E-state index contributed by atoms with van der Waals surface area (Å²) in [5, 5.41) is 5.82. The SMILES string of the molecule is CC(=O)N1CC[C@H](NC(=O)[C@H](CC(C)C)NC(=O)OC(C)(C)C)C[C@]1(CCCCB1OC(C)(C)C(C)(C)O1)C(=O)OCc1ccccc1. The molecule has 3 rings (SSSR count). The summed E-state index contributed by atoms with van der Waals surface area (Å²) in [6.45, 7) is 19.1. The van der Waals surface area contributed by atoms with Gasteiger partial charge in [0.2, 0.25) is 11.8 Å². The van der Waals surface area contributed by atoms with Gasteiger partial charge in [-0.2, -0.15) is 0 Å². The van der Waals surface area contributed by atoms with Gasteiger partial charge in [0.1, 0.15) is 23.8 Å². The molecule has 0 unspecified atom stereocenters. The van der Waals surface area contributed by atoms with Crippen molar-refractivity contribution >= 4 is 31.0 Å². The maximum Gasteiger partial charge on any atom is 0.457 e. The highest BCUT2D eigenvalue weighted by molar-refractivity contribution is 6.45. The number of amides is 3. The van der Waals surface area contributed by atoms with Gasteiger partial charge in [0.15, 0.2) is 0 Å². The van der Waals surface area contributed by atoms with E-state index in [1.165, 1.54) is 6.92 Å². The number of piperidine rings is 1. The lowest BCUT2D eigenvalue weighted by molar-refractivity contribution is -0.170. The number of ether oxygens (including phenoxy) is 2. The second-order valence-corrected chi connectivity index (χ2v) is 15.7. The quantitative estimate of drug-likeness (QED) is 0.153. The van der Waals surface area contributed by atoms with E-state index in [-0.39, 0.29) is 44.4 Å². The zero-order valence-corrected chi connectivity index (χ0v) is 30.8. The first-order valence-corrected chi connectivity index (χ1v) is 17.4. The van der Waals surface area contributed by atoms with Crippen LogP contribution in [-0.2, 0) is 39.8 Å². The van der Waals surface area contributed by atoms with Gasteiger partial charge in [-0.25, -0.2) is 9.59 Å². The Hall–Kier alpha value is -3.12. The minimum atomic E-state index is -1.29. The summed E-state index contributed by atoms with van der Waals surface area (Å²) in [7, 11) is -0.367. The molecule has 2 saturated heterocycles. The molecule has 2 fully saturated rings. The molecular weight excluding hydrogens is 613 g/mol. The van der Waals surface area contributed by atoms with Crippen molar-refractivity contribution in [3.8, 4) is 0 Å². The summed E-state index contributed by atoms with van der Waals surface area (Å²) in [6, 6.07) is 8.14. The highest BCUT2D eigenvalue weighted by Gasteiger charge is 2.52. The van der Waals surface area contributed by atoms with E-state index >= 15 is 0 Å². The normalized spacial score (nSPS) is 22.6. The number of nitrogens with one attached hydrogen (secondary N) is 2. The number of unbranched alkanes of at least 4 members (excludes halogenated alkanes) is 1. The van der Waals surface area contributed by atoms with Crippen molar-refractivity contribution in [2.45, 2.75) is 155 Å². The number of carbonyl (C=O) groups excluding carboxylic acids is 4. The third-order valence-corrected chi connectivity index (χ3v) is 9.42. The van der Waals surface area contributed by atoms with Crippen LogP contribution >= 0.6 is 0 Å². The Bertz CT molecular complexity index is 1250. The van der Waals surface area contributed by atoms with Crippen LogP contribution in [0.1, 0.15) is 113 Å². The Morgan fingerprint density at radius 1 is 1.02 bits per heavy atom. The Labute approximate surface area is 287 Å². The van der Waals surface area contributed by atoms with Crippen LogP contribution in [0.25, 0.3) is 0 Å². The minimum Gasteiger partial charge on any atom is -0.459 e. The fourth-order valence-corrected chi connectivity index (χ4v) is 6.36. The number of nitrogens with zero attached hydrogens (tertiary/aromatic N) is 1. The molecule has 0 bridgehead atoms. The lowest BCUT2D eigenvalue weighted by atomic mass is 9.77. The number of likely N-dealkylation sites (tertiary alicyclic amines) is 1. The predicted octanol–water partition coefficient (Wildman–Crippen LogP) is 5.80. The summed E-state index contributed by atoms with van der Waals surface area (Å²) in [6.07, 6.45) is 2.65. The number of benzene rings is 1. The highest BCUT2D eigenvalue weighted by Crippen LogP contribution is 2.39. The molecule has 268 valence electrons. The molecule has 1 aromatic rings. The average molecular weight is 672 g/mol. The molecule has 0 aromatic heterocycles. The van der Waals surface area contributed by atoms with E-state index in [0.29, 0.717) is 38.4 Å². The lowest BCUT2D eigenvalue weighted by Crippen LogP contribution is -2.64. The van der Waals surface area contributed by atoms with Crippen molar-refractivity contribution < 1.29 is 38.0 Å². The molecule has 0 spiro atoms. The van der Waals surface area contributed by atoms with Gasteiger partial charge in [-0.1, -0.05) is 57.0 Å². The average Bonchev–Trinajstić information content (AvgIpc) is 3.18. The molecule has 12 heteroatoms. The third-order valence-electron chi connectivity index (χ3n) is 9.42. The van der Waals surface area contributed by atoms with Crippen molar-refractivity contribution in [2.75, 3.05) is 6.54 Å². The van der Waals surface area contributed by atoms with E-state index in [1.54, 1.807) is 25.7 Å². The number of alkyl carbamates (subject to hydrolysis) is 1. The van der Waals surface area contributed by atoms with Gasteiger partial charge in [0, 0.05) is 25.9 Å². The molecule has 0 aliphatic carbocycles. The smallest absolute Gasteiger partial charge is 0.457 e. The van der Waals surface area contributed by atoms with Crippen LogP contribution < -0.4 is 10.6 Å². The molecular formula is C36H58BN3O8. The lowest BCUT2D eigenvalue weighted by Gasteiger charge is -2.47. The molecule has 0 saturated carbocycles. The topological polar surface area (TPSA) is 132 Å². The molecule has 2 aliphatic rings. The van der Waals surface area contributed by atoms with E-state index in [9.17, 15) is 19.2 Å². The third kappa shape index (κ3) is 10.7. The summed E-state index contributed by atoms with van der Waals surface area (Å²) >= 11 is 0. The van der Waals surface area contributed by atoms with Gasteiger partial charge in [0.25, 0.3) is 0 Å². The number of hydrogen-bond acceptors (Lipinski definition) is 8. The largest absolute Gasteiger partial charge is 0.459 e. The standard InChI is InChI=1S/C36H58BN3O8/c1-25(2)22-29(39-32(44)46-33(4,5)6)30(42)38-28-18-21-40(26(3)41)36(23-28,31(43)45-24-27-16-12-11-13-17-27)19-14-15-20-37-47-34(7,8)35(9,10)48-37/h11-13,16-17,25,28-29H,14-15,18-24H2,1-10H3,(H,38,42)(H,39,44)/t28-,29-,36+/m0/s1. The highest BCUT2D eigenvalue weighted by atomic mass is 16.7. The second-order valence-electron chi connectivity index (χ2n) is 15.7. The van der Waals surface area contributed by atoms with Crippen LogP contribution in [-0.4, -0.2) is 76.9 Å². The van der Waals surface area contributed by atoms with E-state index < -0.39 is 46.5 Å². The second kappa shape index (κ2) is 16.1.